The lowest BCUT2D eigenvalue weighted by molar-refractivity contribution is -0.131. The van der Waals surface area contributed by atoms with E-state index in [9.17, 15) is 9.59 Å². The van der Waals surface area contributed by atoms with Crippen molar-refractivity contribution in [1.82, 2.24) is 4.98 Å². The molecular weight excluding hydrogens is 276 g/mol. The number of anilines is 1. The number of carbonyl (C=O) groups is 2. The Hall–Kier alpha value is -1.69. The van der Waals surface area contributed by atoms with Crippen LogP contribution in [0.3, 0.4) is 0 Å². The number of aromatic nitrogens is 1. The minimum atomic E-state index is -1.01. The Morgan fingerprint density at radius 1 is 1.50 bits per heavy atom. The number of carboxylic acid groups (broad SMARTS) is 1. The third-order valence-electron chi connectivity index (χ3n) is 3.13. The summed E-state index contributed by atoms with van der Waals surface area (Å²) in [5, 5.41) is 11.8. The third-order valence-corrected chi connectivity index (χ3v) is 4.01. The Morgan fingerprint density at radius 3 is 2.70 bits per heavy atom. The fraction of sp³-hybridized carbons (Fsp3) is 0.500. The van der Waals surface area contributed by atoms with Crippen molar-refractivity contribution in [1.29, 1.82) is 0 Å². The highest BCUT2D eigenvalue weighted by molar-refractivity contribution is 7.16. The van der Waals surface area contributed by atoms with E-state index in [2.05, 4.69) is 31.1 Å². The zero-order valence-electron chi connectivity index (χ0n) is 12.1. The molecule has 0 saturated carbocycles. The summed E-state index contributed by atoms with van der Waals surface area (Å²) in [6.07, 6.45) is 4.46. The molecule has 1 rings (SSSR count). The van der Waals surface area contributed by atoms with E-state index in [0.717, 1.165) is 6.08 Å². The highest BCUT2D eigenvalue weighted by Crippen LogP contribution is 2.28. The maximum absolute atomic E-state index is 11.9. The van der Waals surface area contributed by atoms with Crippen molar-refractivity contribution in [2.24, 2.45) is 11.3 Å². The van der Waals surface area contributed by atoms with Crippen LogP contribution in [-0.4, -0.2) is 22.0 Å². The normalized spacial score (nSPS) is 13.4. The lowest BCUT2D eigenvalue weighted by Crippen LogP contribution is -2.23. The predicted molar refractivity (Wildman–Crippen MR) is 80.6 cm³/mol. The van der Waals surface area contributed by atoms with Crippen molar-refractivity contribution in [3.8, 4) is 0 Å². The lowest BCUT2D eigenvalue weighted by Gasteiger charge is -2.26. The van der Waals surface area contributed by atoms with Gasteiger partial charge in [0.2, 0.25) is 5.91 Å². The molecule has 1 atom stereocenters. The number of rotatable bonds is 5. The van der Waals surface area contributed by atoms with Crippen molar-refractivity contribution in [3.05, 3.63) is 17.2 Å². The summed E-state index contributed by atoms with van der Waals surface area (Å²) < 4.78 is 0. The number of amides is 1. The molecular formula is C14H20N2O3S. The molecule has 0 fully saturated rings. The van der Waals surface area contributed by atoms with E-state index in [0.29, 0.717) is 16.4 Å². The van der Waals surface area contributed by atoms with Crippen molar-refractivity contribution in [3.63, 3.8) is 0 Å². The van der Waals surface area contributed by atoms with E-state index in [1.807, 2.05) is 6.92 Å². The average Bonchev–Trinajstić information content (AvgIpc) is 2.72. The molecule has 0 spiro atoms. The molecule has 0 radical (unpaired) electrons. The van der Waals surface area contributed by atoms with Gasteiger partial charge in [0, 0.05) is 23.6 Å². The second kappa shape index (κ2) is 6.65. The van der Waals surface area contributed by atoms with Gasteiger partial charge >= 0.3 is 5.97 Å². The van der Waals surface area contributed by atoms with Crippen LogP contribution in [0.25, 0.3) is 6.08 Å². The largest absolute Gasteiger partial charge is 0.478 e. The summed E-state index contributed by atoms with van der Waals surface area (Å²) in [5.74, 6) is -0.827. The van der Waals surface area contributed by atoms with Crippen molar-refractivity contribution >= 4 is 34.4 Å². The van der Waals surface area contributed by atoms with Gasteiger partial charge in [0.1, 0.15) is 0 Å². The molecule has 110 valence electrons. The number of hydrogen-bond donors (Lipinski definition) is 2. The van der Waals surface area contributed by atoms with Gasteiger partial charge in [-0.25, -0.2) is 9.78 Å². The van der Waals surface area contributed by atoms with E-state index in [1.165, 1.54) is 23.6 Å². The highest BCUT2D eigenvalue weighted by Gasteiger charge is 2.22. The number of aliphatic carboxylic acids is 1. The monoisotopic (exact) mass is 296 g/mol. The standard InChI is InChI=1S/C14H20N2O3S/c1-9(14(2,3)4)7-11(17)16-13-15-8-10(20-13)5-6-12(18)19/h5-6,8-9H,7H2,1-4H3,(H,18,19)(H,15,16,17). The van der Waals surface area contributed by atoms with Crippen molar-refractivity contribution in [2.45, 2.75) is 34.1 Å². The predicted octanol–water partition coefficient (Wildman–Crippen LogP) is 3.25. The maximum atomic E-state index is 11.9. The first-order valence-electron chi connectivity index (χ1n) is 6.35. The quantitative estimate of drug-likeness (QED) is 0.817. The molecule has 0 aliphatic heterocycles. The topological polar surface area (TPSA) is 79.3 Å². The second-order valence-corrected chi connectivity index (χ2v) is 6.82. The fourth-order valence-electron chi connectivity index (χ4n) is 1.33. The highest BCUT2D eigenvalue weighted by atomic mass is 32.1. The van der Waals surface area contributed by atoms with Crippen LogP contribution in [0.15, 0.2) is 12.3 Å². The molecule has 1 unspecified atom stereocenters. The van der Waals surface area contributed by atoms with Gasteiger partial charge in [-0.3, -0.25) is 4.79 Å². The summed E-state index contributed by atoms with van der Waals surface area (Å²) >= 11 is 1.24. The Bertz CT molecular complexity index is 515. The molecule has 0 aliphatic carbocycles. The molecule has 1 aromatic rings. The first-order valence-corrected chi connectivity index (χ1v) is 7.17. The summed E-state index contributed by atoms with van der Waals surface area (Å²) in [6.45, 7) is 8.35. The molecule has 0 saturated heterocycles. The summed E-state index contributed by atoms with van der Waals surface area (Å²) in [5.41, 5.74) is 0.0790. The first kappa shape index (κ1) is 16.4. The Labute approximate surface area is 122 Å². The average molecular weight is 296 g/mol. The van der Waals surface area contributed by atoms with Gasteiger partial charge < -0.3 is 10.4 Å². The van der Waals surface area contributed by atoms with Crippen LogP contribution >= 0.6 is 11.3 Å². The molecule has 0 aromatic carbocycles. The number of carbonyl (C=O) groups excluding carboxylic acids is 1. The molecule has 20 heavy (non-hydrogen) atoms. The van der Waals surface area contributed by atoms with Gasteiger partial charge in [-0.15, -0.1) is 0 Å². The zero-order chi connectivity index (χ0) is 15.3. The second-order valence-electron chi connectivity index (χ2n) is 5.76. The fourth-order valence-corrected chi connectivity index (χ4v) is 2.06. The van der Waals surface area contributed by atoms with Gasteiger partial charge in [0.15, 0.2) is 5.13 Å². The molecule has 0 aliphatic rings. The minimum Gasteiger partial charge on any atom is -0.478 e. The van der Waals surface area contributed by atoms with Gasteiger partial charge in [0.25, 0.3) is 0 Å². The van der Waals surface area contributed by atoms with E-state index in [4.69, 9.17) is 5.11 Å². The Morgan fingerprint density at radius 2 is 2.15 bits per heavy atom. The van der Waals surface area contributed by atoms with Gasteiger partial charge in [-0.2, -0.15) is 0 Å². The van der Waals surface area contributed by atoms with Crippen LogP contribution in [0, 0.1) is 11.3 Å². The van der Waals surface area contributed by atoms with Gasteiger partial charge in [0.05, 0.1) is 0 Å². The molecule has 1 aromatic heterocycles. The van der Waals surface area contributed by atoms with E-state index in [1.54, 1.807) is 0 Å². The number of nitrogens with one attached hydrogen (secondary N) is 1. The molecule has 5 nitrogen and oxygen atoms in total. The van der Waals surface area contributed by atoms with Crippen molar-refractivity contribution in [2.75, 3.05) is 5.32 Å². The SMILES string of the molecule is CC(CC(=O)Nc1ncc(C=CC(=O)O)s1)C(C)(C)C. The van der Waals surface area contributed by atoms with Crippen LogP contribution in [0.4, 0.5) is 5.13 Å². The number of thiazole rings is 1. The molecule has 2 N–H and O–H groups in total. The van der Waals surface area contributed by atoms with Crippen LogP contribution in [0.5, 0.6) is 0 Å². The van der Waals surface area contributed by atoms with Crippen LogP contribution in [0.2, 0.25) is 0 Å². The van der Waals surface area contributed by atoms with E-state index in [-0.39, 0.29) is 17.2 Å². The zero-order valence-corrected chi connectivity index (χ0v) is 13.0. The summed E-state index contributed by atoms with van der Waals surface area (Å²) in [7, 11) is 0. The molecule has 6 heteroatoms. The van der Waals surface area contributed by atoms with Crippen LogP contribution in [0.1, 0.15) is 39.0 Å². The smallest absolute Gasteiger partial charge is 0.328 e. The molecule has 1 heterocycles. The third kappa shape index (κ3) is 5.52. The van der Waals surface area contributed by atoms with Gasteiger partial charge in [-0.1, -0.05) is 39.0 Å². The van der Waals surface area contributed by atoms with Gasteiger partial charge in [-0.05, 0) is 17.4 Å². The number of hydrogen-bond acceptors (Lipinski definition) is 4. The minimum absolute atomic E-state index is 0.0736. The first-order chi connectivity index (χ1) is 9.18. The number of carboxylic acids is 1. The lowest BCUT2D eigenvalue weighted by atomic mass is 9.80. The molecule has 1 amide bonds. The van der Waals surface area contributed by atoms with Crippen LogP contribution < -0.4 is 5.32 Å². The Balaban J connectivity index is 2.57. The number of nitrogens with zero attached hydrogens (tertiary/aromatic N) is 1. The van der Waals surface area contributed by atoms with E-state index < -0.39 is 5.97 Å². The molecule has 0 bridgehead atoms. The van der Waals surface area contributed by atoms with Crippen molar-refractivity contribution < 1.29 is 14.7 Å². The summed E-state index contributed by atoms with van der Waals surface area (Å²) in [4.78, 5) is 27.0. The maximum Gasteiger partial charge on any atom is 0.328 e. The summed E-state index contributed by atoms with van der Waals surface area (Å²) in [6, 6.07) is 0. The van der Waals surface area contributed by atoms with E-state index >= 15 is 0 Å². The van der Waals surface area contributed by atoms with Crippen LogP contribution in [-0.2, 0) is 9.59 Å². The Kier molecular flexibility index (Phi) is 5.44.